The van der Waals surface area contributed by atoms with E-state index in [0.717, 1.165) is 5.56 Å². The number of aliphatic hydroxyl groups is 1. The first kappa shape index (κ1) is 17.8. The van der Waals surface area contributed by atoms with Crippen LogP contribution < -0.4 is 5.32 Å². The average molecular weight is 323 g/mol. The summed E-state index contributed by atoms with van der Waals surface area (Å²) in [4.78, 5) is 18.2. The van der Waals surface area contributed by atoms with Crippen LogP contribution in [-0.2, 0) is 20.8 Å². The number of aromatic nitrogens is 1. The number of aliphatic hydroxyl groups excluding tert-OH is 1. The Balaban J connectivity index is 1.78. The summed E-state index contributed by atoms with van der Waals surface area (Å²) in [5.41, 5.74) is 1.07. The van der Waals surface area contributed by atoms with Gasteiger partial charge in [-0.3, -0.25) is 14.7 Å². The third-order valence-electron chi connectivity index (χ3n) is 3.66. The molecule has 0 radical (unpaired) electrons. The van der Waals surface area contributed by atoms with Gasteiger partial charge in [-0.25, -0.2) is 0 Å². The van der Waals surface area contributed by atoms with Crippen molar-refractivity contribution in [1.82, 2.24) is 15.2 Å². The number of likely N-dealkylation sites (N-methyl/N-ethyl adjacent to an activating group) is 1. The van der Waals surface area contributed by atoms with Crippen LogP contribution in [0.25, 0.3) is 0 Å². The van der Waals surface area contributed by atoms with Crippen molar-refractivity contribution in [1.29, 1.82) is 0 Å². The van der Waals surface area contributed by atoms with Gasteiger partial charge in [0.15, 0.2) is 0 Å². The maximum atomic E-state index is 12.2. The molecule has 0 unspecified atom stereocenters. The summed E-state index contributed by atoms with van der Waals surface area (Å²) in [6.07, 6.45) is 4.04. The first-order chi connectivity index (χ1) is 11.2. The minimum absolute atomic E-state index is 0.0367. The monoisotopic (exact) mass is 323 g/mol. The number of hydrogen-bond donors (Lipinski definition) is 2. The highest BCUT2D eigenvalue weighted by Crippen LogP contribution is 2.11. The van der Waals surface area contributed by atoms with Crippen molar-refractivity contribution < 1.29 is 19.4 Å². The van der Waals surface area contributed by atoms with E-state index >= 15 is 0 Å². The van der Waals surface area contributed by atoms with E-state index < -0.39 is 0 Å². The van der Waals surface area contributed by atoms with Gasteiger partial charge in [0, 0.05) is 25.5 Å². The zero-order chi connectivity index (χ0) is 16.5. The molecule has 1 aliphatic rings. The molecule has 2 heterocycles. The summed E-state index contributed by atoms with van der Waals surface area (Å²) in [5.74, 6) is -0.0408. The second-order valence-electron chi connectivity index (χ2n) is 5.70. The number of rotatable bonds is 8. The number of hydrogen-bond acceptors (Lipinski definition) is 6. The molecular formula is C16H25N3O4. The minimum atomic E-state index is -0.205. The largest absolute Gasteiger partial charge is 0.394 e. The van der Waals surface area contributed by atoms with E-state index in [9.17, 15) is 4.79 Å². The SMILES string of the molecule is CN(CC(=O)N[C@@H]1CCOC[C@H]1OCCO)Cc1cccnc1. The molecule has 0 aromatic carbocycles. The maximum absolute atomic E-state index is 12.2. The normalized spacial score (nSPS) is 21.3. The maximum Gasteiger partial charge on any atom is 0.234 e. The van der Waals surface area contributed by atoms with E-state index in [1.807, 2.05) is 24.1 Å². The lowest BCUT2D eigenvalue weighted by molar-refractivity contribution is -0.127. The fourth-order valence-electron chi connectivity index (χ4n) is 2.60. The zero-order valence-electron chi connectivity index (χ0n) is 13.5. The van der Waals surface area contributed by atoms with Crippen LogP contribution in [0.15, 0.2) is 24.5 Å². The van der Waals surface area contributed by atoms with Crippen LogP contribution >= 0.6 is 0 Å². The van der Waals surface area contributed by atoms with Crippen LogP contribution in [0.1, 0.15) is 12.0 Å². The predicted octanol–water partition coefficient (Wildman–Crippen LogP) is -0.204. The molecule has 1 fully saturated rings. The summed E-state index contributed by atoms with van der Waals surface area (Å²) in [5, 5.41) is 11.9. The molecule has 1 aromatic rings. The quantitative estimate of drug-likeness (QED) is 0.689. The number of carbonyl (C=O) groups is 1. The highest BCUT2D eigenvalue weighted by Gasteiger charge is 2.27. The molecule has 1 aliphatic heterocycles. The molecule has 7 heteroatoms. The summed E-state index contributed by atoms with van der Waals surface area (Å²) < 4.78 is 10.9. The zero-order valence-corrected chi connectivity index (χ0v) is 13.5. The van der Waals surface area contributed by atoms with Crippen LogP contribution in [0.5, 0.6) is 0 Å². The van der Waals surface area contributed by atoms with Crippen LogP contribution in [0.4, 0.5) is 0 Å². The standard InChI is InChI=1S/C16H25N3O4/c1-19(10-13-3-2-5-17-9-13)11-16(21)18-14-4-7-22-12-15(14)23-8-6-20/h2-3,5,9,14-15,20H,4,6-8,10-12H2,1H3,(H,18,21)/t14-,15-/m1/s1. The minimum Gasteiger partial charge on any atom is -0.394 e. The second kappa shape index (κ2) is 9.57. The van der Waals surface area contributed by atoms with Gasteiger partial charge in [-0.2, -0.15) is 0 Å². The summed E-state index contributed by atoms with van der Waals surface area (Å²) in [6, 6.07) is 3.79. The van der Waals surface area contributed by atoms with Gasteiger partial charge < -0.3 is 19.9 Å². The van der Waals surface area contributed by atoms with E-state index in [4.69, 9.17) is 14.6 Å². The lowest BCUT2D eigenvalue weighted by Gasteiger charge is -2.32. The molecule has 0 saturated carbocycles. The van der Waals surface area contributed by atoms with E-state index in [1.54, 1.807) is 12.4 Å². The van der Waals surface area contributed by atoms with Crippen LogP contribution in [0.3, 0.4) is 0 Å². The van der Waals surface area contributed by atoms with Gasteiger partial charge in [0.2, 0.25) is 5.91 Å². The topological polar surface area (TPSA) is 83.9 Å². The Hall–Kier alpha value is -1.54. The Morgan fingerprint density at radius 1 is 1.61 bits per heavy atom. The molecular weight excluding hydrogens is 298 g/mol. The Kier molecular flexibility index (Phi) is 7.41. The third-order valence-corrected chi connectivity index (χ3v) is 3.66. The van der Waals surface area contributed by atoms with Crippen molar-refractivity contribution >= 4 is 5.91 Å². The molecule has 1 saturated heterocycles. The van der Waals surface area contributed by atoms with Crippen molar-refractivity contribution in [3.05, 3.63) is 30.1 Å². The lowest BCUT2D eigenvalue weighted by Crippen LogP contribution is -2.52. The van der Waals surface area contributed by atoms with E-state index in [0.29, 0.717) is 32.7 Å². The van der Waals surface area contributed by atoms with Crippen LogP contribution in [0.2, 0.25) is 0 Å². The molecule has 0 aliphatic carbocycles. The first-order valence-electron chi connectivity index (χ1n) is 7.86. The Morgan fingerprint density at radius 2 is 2.48 bits per heavy atom. The molecule has 2 atom stereocenters. The number of nitrogens with one attached hydrogen (secondary N) is 1. The van der Waals surface area contributed by atoms with Gasteiger partial charge in [0.05, 0.1) is 32.4 Å². The number of carbonyl (C=O) groups excluding carboxylic acids is 1. The Morgan fingerprint density at radius 3 is 3.22 bits per heavy atom. The van der Waals surface area contributed by atoms with Gasteiger partial charge in [-0.05, 0) is 25.1 Å². The van der Waals surface area contributed by atoms with Gasteiger partial charge in [0.25, 0.3) is 0 Å². The fraction of sp³-hybridized carbons (Fsp3) is 0.625. The van der Waals surface area contributed by atoms with Crippen LogP contribution in [-0.4, -0.2) is 73.1 Å². The third kappa shape index (κ3) is 6.23. The summed E-state index contributed by atoms with van der Waals surface area (Å²) in [6.45, 7) is 2.23. The van der Waals surface area contributed by atoms with E-state index in [1.165, 1.54) is 0 Å². The van der Waals surface area contributed by atoms with E-state index in [-0.39, 0.29) is 31.3 Å². The first-order valence-corrected chi connectivity index (χ1v) is 7.86. The smallest absolute Gasteiger partial charge is 0.234 e. The average Bonchev–Trinajstić information content (AvgIpc) is 2.54. The molecule has 2 rings (SSSR count). The molecule has 1 aromatic heterocycles. The second-order valence-corrected chi connectivity index (χ2v) is 5.70. The molecule has 0 spiro atoms. The number of nitrogens with zero attached hydrogens (tertiary/aromatic N) is 2. The van der Waals surface area contributed by atoms with Crippen molar-refractivity contribution in [2.75, 3.05) is 40.0 Å². The van der Waals surface area contributed by atoms with Gasteiger partial charge >= 0.3 is 0 Å². The predicted molar refractivity (Wildman–Crippen MR) is 84.8 cm³/mol. The number of ether oxygens (including phenoxy) is 2. The molecule has 23 heavy (non-hydrogen) atoms. The highest BCUT2D eigenvalue weighted by atomic mass is 16.5. The number of pyridine rings is 1. The van der Waals surface area contributed by atoms with Crippen molar-refractivity contribution in [2.24, 2.45) is 0 Å². The van der Waals surface area contributed by atoms with Crippen molar-refractivity contribution in [3.63, 3.8) is 0 Å². The van der Waals surface area contributed by atoms with Crippen molar-refractivity contribution in [2.45, 2.75) is 25.1 Å². The summed E-state index contributed by atoms with van der Waals surface area (Å²) in [7, 11) is 1.90. The fourth-order valence-corrected chi connectivity index (χ4v) is 2.60. The highest BCUT2D eigenvalue weighted by molar-refractivity contribution is 5.78. The molecule has 2 N–H and O–H groups in total. The van der Waals surface area contributed by atoms with Crippen LogP contribution in [0, 0.1) is 0 Å². The summed E-state index contributed by atoms with van der Waals surface area (Å²) >= 11 is 0. The molecule has 7 nitrogen and oxygen atoms in total. The van der Waals surface area contributed by atoms with Crippen molar-refractivity contribution in [3.8, 4) is 0 Å². The molecule has 128 valence electrons. The van der Waals surface area contributed by atoms with E-state index in [2.05, 4.69) is 10.3 Å². The van der Waals surface area contributed by atoms with Gasteiger partial charge in [-0.15, -0.1) is 0 Å². The molecule has 1 amide bonds. The lowest BCUT2D eigenvalue weighted by atomic mass is 10.1. The number of amides is 1. The Bertz CT molecular complexity index is 472. The molecule has 0 bridgehead atoms. The Labute approximate surface area is 136 Å². The van der Waals surface area contributed by atoms with Gasteiger partial charge in [0.1, 0.15) is 6.10 Å². The van der Waals surface area contributed by atoms with Gasteiger partial charge in [-0.1, -0.05) is 6.07 Å².